The molecule has 2 N–H and O–H groups in total. The van der Waals surface area contributed by atoms with E-state index in [4.69, 9.17) is 4.42 Å². The molecule has 0 aromatic carbocycles. The highest BCUT2D eigenvalue weighted by molar-refractivity contribution is 5.68. The molecular weight excluding hydrogens is 132 g/mol. The van der Waals surface area contributed by atoms with Crippen molar-refractivity contribution in [2.75, 3.05) is 17.7 Å². The Hall–Kier alpha value is -1.45. The summed E-state index contributed by atoms with van der Waals surface area (Å²) in [6.45, 7) is 0. The first-order valence-electron chi connectivity index (χ1n) is 2.84. The van der Waals surface area contributed by atoms with Gasteiger partial charge in [0.1, 0.15) is 0 Å². The molecule has 0 radical (unpaired) electrons. The Morgan fingerprint density at radius 1 is 1.50 bits per heavy atom. The Morgan fingerprint density at radius 3 is 2.70 bits per heavy atom. The summed E-state index contributed by atoms with van der Waals surface area (Å²) in [4.78, 5) is 9.88. The van der Waals surface area contributed by atoms with Crippen LogP contribution >= 0.6 is 0 Å². The molecule has 0 aliphatic heterocycles. The number of nitrogens with one attached hydrogen (secondary N) is 2. The Morgan fingerprint density at radius 2 is 2.20 bits per heavy atom. The SMILES string of the molecule is CNc1ccc(NC=O)o1. The highest BCUT2D eigenvalue weighted by Crippen LogP contribution is 2.15. The van der Waals surface area contributed by atoms with E-state index in [0.29, 0.717) is 18.2 Å². The van der Waals surface area contributed by atoms with Gasteiger partial charge in [-0.1, -0.05) is 0 Å². The van der Waals surface area contributed by atoms with Gasteiger partial charge in [-0.25, -0.2) is 0 Å². The van der Waals surface area contributed by atoms with Gasteiger partial charge in [0, 0.05) is 19.2 Å². The lowest BCUT2D eigenvalue weighted by Crippen LogP contribution is -1.90. The molecule has 1 amide bonds. The van der Waals surface area contributed by atoms with Gasteiger partial charge in [0.25, 0.3) is 0 Å². The Balaban J connectivity index is 2.67. The number of hydrogen-bond donors (Lipinski definition) is 2. The van der Waals surface area contributed by atoms with Gasteiger partial charge < -0.3 is 9.73 Å². The van der Waals surface area contributed by atoms with E-state index in [1.165, 1.54) is 0 Å². The Kier molecular flexibility index (Phi) is 1.94. The predicted octanol–water partition coefficient (Wildman–Crippen LogP) is 0.890. The van der Waals surface area contributed by atoms with Gasteiger partial charge >= 0.3 is 0 Å². The molecule has 4 heteroatoms. The second-order valence-electron chi connectivity index (χ2n) is 1.68. The summed E-state index contributed by atoms with van der Waals surface area (Å²) in [5.41, 5.74) is 0. The first-order chi connectivity index (χ1) is 4.86. The van der Waals surface area contributed by atoms with Crippen molar-refractivity contribution in [3.05, 3.63) is 12.1 Å². The first kappa shape index (κ1) is 6.67. The molecule has 0 aliphatic carbocycles. The molecule has 1 heterocycles. The maximum atomic E-state index is 9.88. The van der Waals surface area contributed by atoms with Crippen LogP contribution in [0.5, 0.6) is 0 Å². The molecule has 0 fully saturated rings. The van der Waals surface area contributed by atoms with Crippen molar-refractivity contribution in [1.29, 1.82) is 0 Å². The number of carbonyl (C=O) groups is 1. The third-order valence-corrected chi connectivity index (χ3v) is 1.05. The van der Waals surface area contributed by atoms with Crippen molar-refractivity contribution in [3.63, 3.8) is 0 Å². The van der Waals surface area contributed by atoms with Crippen molar-refractivity contribution in [2.45, 2.75) is 0 Å². The fraction of sp³-hybridized carbons (Fsp3) is 0.167. The molecule has 0 unspecified atom stereocenters. The summed E-state index contributed by atoms with van der Waals surface area (Å²) in [7, 11) is 1.74. The zero-order valence-electron chi connectivity index (χ0n) is 5.55. The normalized spacial score (nSPS) is 8.90. The number of furan rings is 1. The molecule has 0 spiro atoms. The molecule has 54 valence electrons. The molecule has 0 bridgehead atoms. The summed E-state index contributed by atoms with van der Waals surface area (Å²) in [5.74, 6) is 1.07. The first-order valence-corrected chi connectivity index (χ1v) is 2.84. The second kappa shape index (κ2) is 2.91. The molecule has 0 saturated carbocycles. The topological polar surface area (TPSA) is 54.3 Å². The van der Waals surface area contributed by atoms with Crippen LogP contribution in [0.15, 0.2) is 16.5 Å². The van der Waals surface area contributed by atoms with Gasteiger partial charge in [-0.15, -0.1) is 0 Å². The van der Waals surface area contributed by atoms with E-state index >= 15 is 0 Å². The lowest BCUT2D eigenvalue weighted by atomic mass is 10.6. The van der Waals surface area contributed by atoms with Gasteiger partial charge in [0.05, 0.1) is 0 Å². The van der Waals surface area contributed by atoms with Crippen LogP contribution in [0.3, 0.4) is 0 Å². The fourth-order valence-corrected chi connectivity index (χ4v) is 0.608. The molecule has 10 heavy (non-hydrogen) atoms. The number of hydrogen-bond acceptors (Lipinski definition) is 3. The van der Waals surface area contributed by atoms with E-state index in [0.717, 1.165) is 0 Å². The van der Waals surface area contributed by atoms with Gasteiger partial charge in [-0.2, -0.15) is 0 Å². The average Bonchev–Trinajstić information content (AvgIpc) is 2.37. The zero-order chi connectivity index (χ0) is 7.40. The Bertz CT molecular complexity index is 219. The zero-order valence-corrected chi connectivity index (χ0v) is 5.55. The maximum Gasteiger partial charge on any atom is 0.213 e. The van der Waals surface area contributed by atoms with E-state index in [-0.39, 0.29) is 0 Å². The summed E-state index contributed by atoms with van der Waals surface area (Å²) in [5, 5.41) is 5.16. The van der Waals surface area contributed by atoms with Gasteiger partial charge in [0.15, 0.2) is 5.88 Å². The van der Waals surface area contributed by atoms with Crippen LogP contribution in [0.4, 0.5) is 11.8 Å². The number of carbonyl (C=O) groups excluding carboxylic acids is 1. The van der Waals surface area contributed by atoms with Crippen molar-refractivity contribution < 1.29 is 9.21 Å². The molecule has 4 nitrogen and oxygen atoms in total. The largest absolute Gasteiger partial charge is 0.425 e. The third-order valence-electron chi connectivity index (χ3n) is 1.05. The summed E-state index contributed by atoms with van der Waals surface area (Å²) < 4.78 is 5.02. The number of anilines is 2. The van der Waals surface area contributed by atoms with Crippen LogP contribution in [0.2, 0.25) is 0 Å². The highest BCUT2D eigenvalue weighted by atomic mass is 16.4. The van der Waals surface area contributed by atoms with Gasteiger partial charge in [-0.05, 0) is 0 Å². The van der Waals surface area contributed by atoms with Gasteiger partial charge in [0.2, 0.25) is 12.3 Å². The van der Waals surface area contributed by atoms with Crippen molar-refractivity contribution in [3.8, 4) is 0 Å². The quantitative estimate of drug-likeness (QED) is 0.613. The minimum absolute atomic E-state index is 0.444. The van der Waals surface area contributed by atoms with E-state index in [9.17, 15) is 4.79 Å². The molecule has 0 saturated heterocycles. The van der Waals surface area contributed by atoms with Crippen molar-refractivity contribution in [1.82, 2.24) is 0 Å². The third kappa shape index (κ3) is 1.28. The van der Waals surface area contributed by atoms with E-state index in [2.05, 4.69) is 10.6 Å². The monoisotopic (exact) mass is 140 g/mol. The van der Waals surface area contributed by atoms with Crippen LogP contribution in [0, 0.1) is 0 Å². The number of rotatable bonds is 3. The average molecular weight is 140 g/mol. The molecule has 1 rings (SSSR count). The second-order valence-corrected chi connectivity index (χ2v) is 1.68. The van der Waals surface area contributed by atoms with E-state index in [1.54, 1.807) is 19.2 Å². The predicted molar refractivity (Wildman–Crippen MR) is 37.9 cm³/mol. The maximum absolute atomic E-state index is 9.88. The van der Waals surface area contributed by atoms with Crippen LogP contribution in [0.1, 0.15) is 0 Å². The summed E-state index contributed by atoms with van der Waals surface area (Å²) in [6.07, 6.45) is 0.568. The van der Waals surface area contributed by atoms with Gasteiger partial charge in [-0.3, -0.25) is 10.1 Å². The lowest BCUT2D eigenvalue weighted by Gasteiger charge is -1.91. The molecule has 0 atom stereocenters. The fourth-order valence-electron chi connectivity index (χ4n) is 0.608. The Labute approximate surface area is 58.2 Å². The van der Waals surface area contributed by atoms with E-state index < -0.39 is 0 Å². The molecule has 0 aliphatic rings. The summed E-state index contributed by atoms with van der Waals surface area (Å²) in [6, 6.07) is 3.39. The molecule has 1 aromatic heterocycles. The van der Waals surface area contributed by atoms with E-state index in [1.807, 2.05) is 0 Å². The standard InChI is InChI=1S/C6H8N2O2/c1-7-5-2-3-6(10-5)8-4-9/h2-4,7H,1H3,(H,8,9). The van der Waals surface area contributed by atoms with Crippen LogP contribution < -0.4 is 10.6 Å². The van der Waals surface area contributed by atoms with Crippen LogP contribution in [0.25, 0.3) is 0 Å². The van der Waals surface area contributed by atoms with Crippen molar-refractivity contribution >= 4 is 18.2 Å². The molecular formula is C6H8N2O2. The number of amides is 1. The minimum atomic E-state index is 0.444. The van der Waals surface area contributed by atoms with Crippen LogP contribution in [-0.4, -0.2) is 13.5 Å². The van der Waals surface area contributed by atoms with Crippen molar-refractivity contribution in [2.24, 2.45) is 0 Å². The smallest absolute Gasteiger partial charge is 0.213 e. The minimum Gasteiger partial charge on any atom is -0.425 e. The highest BCUT2D eigenvalue weighted by Gasteiger charge is 1.95. The lowest BCUT2D eigenvalue weighted by molar-refractivity contribution is -0.105. The summed E-state index contributed by atoms with van der Waals surface area (Å²) >= 11 is 0. The van der Waals surface area contributed by atoms with Crippen LogP contribution in [-0.2, 0) is 4.79 Å². The molecule has 1 aromatic rings.